The molecule has 17 heavy (non-hydrogen) atoms. The summed E-state index contributed by atoms with van der Waals surface area (Å²) in [6.07, 6.45) is 1.27. The Morgan fingerprint density at radius 1 is 1.41 bits per heavy atom. The second kappa shape index (κ2) is 7.04. The number of carbonyl (C=O) groups is 1. The van der Waals surface area contributed by atoms with Gasteiger partial charge in [0.1, 0.15) is 6.04 Å². The van der Waals surface area contributed by atoms with E-state index >= 15 is 0 Å². The van der Waals surface area contributed by atoms with Crippen molar-refractivity contribution in [3.63, 3.8) is 0 Å². The number of nitrogens with two attached hydrogens (primary N) is 1. The first-order valence-corrected chi connectivity index (χ1v) is 5.88. The van der Waals surface area contributed by atoms with Crippen LogP contribution in [0.3, 0.4) is 0 Å². The third-order valence-corrected chi connectivity index (χ3v) is 2.76. The lowest BCUT2D eigenvalue weighted by Crippen LogP contribution is -2.31. The topological polar surface area (TPSA) is 75.3 Å². The summed E-state index contributed by atoms with van der Waals surface area (Å²) in [4.78, 5) is 10.5. The number of hydrogen-bond donors (Lipinski definition) is 3. The average molecular weight is 236 g/mol. The molecule has 0 unspecified atom stereocenters. The molecule has 0 aromatic heterocycles. The van der Waals surface area contributed by atoms with Crippen LogP contribution < -0.4 is 11.1 Å². The summed E-state index contributed by atoms with van der Waals surface area (Å²) in [5.74, 6) is -0.930. The highest BCUT2D eigenvalue weighted by atomic mass is 16.4. The SMILES string of the molecule is C[C@@H](NCCC[C@@H](N)C(=O)O)c1ccccc1. The van der Waals surface area contributed by atoms with E-state index in [0.29, 0.717) is 6.42 Å². The number of carboxylic acid groups (broad SMARTS) is 1. The molecule has 0 saturated heterocycles. The molecular weight excluding hydrogens is 216 g/mol. The van der Waals surface area contributed by atoms with E-state index in [1.165, 1.54) is 5.56 Å². The maximum atomic E-state index is 10.5. The van der Waals surface area contributed by atoms with Crippen LogP contribution in [0.25, 0.3) is 0 Å². The number of rotatable bonds is 7. The first-order chi connectivity index (χ1) is 8.11. The molecule has 94 valence electrons. The molecule has 1 rings (SSSR count). The van der Waals surface area contributed by atoms with Gasteiger partial charge in [-0.1, -0.05) is 30.3 Å². The van der Waals surface area contributed by atoms with Gasteiger partial charge in [0.05, 0.1) is 0 Å². The van der Waals surface area contributed by atoms with Gasteiger partial charge in [-0.25, -0.2) is 0 Å². The van der Waals surface area contributed by atoms with Gasteiger partial charge in [0.25, 0.3) is 0 Å². The highest BCUT2D eigenvalue weighted by Gasteiger charge is 2.10. The Hall–Kier alpha value is -1.39. The van der Waals surface area contributed by atoms with Crippen LogP contribution in [0.2, 0.25) is 0 Å². The van der Waals surface area contributed by atoms with E-state index in [-0.39, 0.29) is 6.04 Å². The fourth-order valence-electron chi connectivity index (χ4n) is 1.62. The van der Waals surface area contributed by atoms with Crippen molar-refractivity contribution in [3.05, 3.63) is 35.9 Å². The van der Waals surface area contributed by atoms with Gasteiger partial charge in [-0.05, 0) is 31.9 Å². The minimum atomic E-state index is -0.930. The lowest BCUT2D eigenvalue weighted by atomic mass is 10.1. The largest absolute Gasteiger partial charge is 0.480 e. The molecule has 1 aromatic rings. The van der Waals surface area contributed by atoms with Crippen LogP contribution >= 0.6 is 0 Å². The van der Waals surface area contributed by atoms with E-state index < -0.39 is 12.0 Å². The van der Waals surface area contributed by atoms with Gasteiger partial charge in [-0.3, -0.25) is 4.79 Å². The van der Waals surface area contributed by atoms with Crippen LogP contribution in [0.4, 0.5) is 0 Å². The number of aliphatic carboxylic acids is 1. The van der Waals surface area contributed by atoms with Crippen molar-refractivity contribution in [1.82, 2.24) is 5.32 Å². The summed E-state index contributed by atoms with van der Waals surface area (Å²) >= 11 is 0. The molecule has 0 aliphatic heterocycles. The Morgan fingerprint density at radius 2 is 2.06 bits per heavy atom. The fraction of sp³-hybridized carbons (Fsp3) is 0.462. The second-order valence-electron chi connectivity index (χ2n) is 4.17. The molecule has 0 fully saturated rings. The molecular formula is C13H20N2O2. The quantitative estimate of drug-likeness (QED) is 0.628. The molecule has 4 N–H and O–H groups in total. The van der Waals surface area contributed by atoms with E-state index in [0.717, 1.165) is 13.0 Å². The number of benzene rings is 1. The van der Waals surface area contributed by atoms with Crippen molar-refractivity contribution < 1.29 is 9.90 Å². The summed E-state index contributed by atoms with van der Waals surface area (Å²) < 4.78 is 0. The Labute approximate surface area is 102 Å². The van der Waals surface area contributed by atoms with Gasteiger partial charge in [0.15, 0.2) is 0 Å². The van der Waals surface area contributed by atoms with Gasteiger partial charge in [0, 0.05) is 6.04 Å². The normalized spacial score (nSPS) is 14.2. The average Bonchev–Trinajstić information content (AvgIpc) is 2.35. The Balaban J connectivity index is 2.21. The number of nitrogens with one attached hydrogen (secondary N) is 1. The van der Waals surface area contributed by atoms with Crippen molar-refractivity contribution in [1.29, 1.82) is 0 Å². The highest BCUT2D eigenvalue weighted by Crippen LogP contribution is 2.10. The fourth-order valence-corrected chi connectivity index (χ4v) is 1.62. The third-order valence-electron chi connectivity index (χ3n) is 2.76. The Morgan fingerprint density at radius 3 is 2.65 bits per heavy atom. The Bertz CT molecular complexity index is 341. The first-order valence-electron chi connectivity index (χ1n) is 5.88. The van der Waals surface area contributed by atoms with E-state index in [1.807, 2.05) is 18.2 Å². The van der Waals surface area contributed by atoms with Crippen molar-refractivity contribution in [2.45, 2.75) is 31.8 Å². The third kappa shape index (κ3) is 4.97. The maximum absolute atomic E-state index is 10.5. The summed E-state index contributed by atoms with van der Waals surface area (Å²) in [5.41, 5.74) is 6.65. The van der Waals surface area contributed by atoms with Gasteiger partial charge in [0.2, 0.25) is 0 Å². The lowest BCUT2D eigenvalue weighted by molar-refractivity contribution is -0.138. The predicted octanol–water partition coefficient (Wildman–Crippen LogP) is 1.53. The van der Waals surface area contributed by atoms with Crippen LogP contribution in [-0.4, -0.2) is 23.7 Å². The summed E-state index contributed by atoms with van der Waals surface area (Å²) in [7, 11) is 0. The summed E-state index contributed by atoms with van der Waals surface area (Å²) in [5, 5.41) is 12.0. The molecule has 0 aliphatic rings. The van der Waals surface area contributed by atoms with E-state index in [9.17, 15) is 4.79 Å². The summed E-state index contributed by atoms with van der Waals surface area (Å²) in [6, 6.07) is 9.67. The van der Waals surface area contributed by atoms with Crippen LogP contribution in [0.1, 0.15) is 31.4 Å². The van der Waals surface area contributed by atoms with Gasteiger partial charge in [-0.15, -0.1) is 0 Å². The lowest BCUT2D eigenvalue weighted by Gasteiger charge is -2.14. The molecule has 0 amide bonds. The van der Waals surface area contributed by atoms with E-state index in [1.54, 1.807) is 0 Å². The summed E-state index contributed by atoms with van der Waals surface area (Å²) in [6.45, 7) is 2.86. The smallest absolute Gasteiger partial charge is 0.320 e. The van der Waals surface area contributed by atoms with Crippen molar-refractivity contribution in [3.8, 4) is 0 Å². The van der Waals surface area contributed by atoms with Gasteiger partial charge < -0.3 is 16.2 Å². The second-order valence-corrected chi connectivity index (χ2v) is 4.17. The predicted molar refractivity (Wildman–Crippen MR) is 67.7 cm³/mol. The highest BCUT2D eigenvalue weighted by molar-refractivity contribution is 5.72. The molecule has 0 heterocycles. The number of carboxylic acids is 1. The van der Waals surface area contributed by atoms with Gasteiger partial charge >= 0.3 is 5.97 Å². The minimum absolute atomic E-state index is 0.275. The van der Waals surface area contributed by atoms with Crippen LogP contribution in [-0.2, 0) is 4.79 Å². The molecule has 4 heteroatoms. The zero-order valence-electron chi connectivity index (χ0n) is 10.1. The number of hydrogen-bond acceptors (Lipinski definition) is 3. The molecule has 0 spiro atoms. The molecule has 4 nitrogen and oxygen atoms in total. The van der Waals surface area contributed by atoms with Crippen LogP contribution in [0.15, 0.2) is 30.3 Å². The standard InChI is InChI=1S/C13H20N2O2/c1-10(11-6-3-2-4-7-11)15-9-5-8-12(14)13(16)17/h2-4,6-7,10,12,15H,5,8-9,14H2,1H3,(H,16,17)/t10-,12-/m1/s1. The van der Waals surface area contributed by atoms with Gasteiger partial charge in [-0.2, -0.15) is 0 Å². The monoisotopic (exact) mass is 236 g/mol. The van der Waals surface area contributed by atoms with E-state index in [4.69, 9.17) is 10.8 Å². The van der Waals surface area contributed by atoms with Crippen LogP contribution in [0, 0.1) is 0 Å². The minimum Gasteiger partial charge on any atom is -0.480 e. The molecule has 0 radical (unpaired) electrons. The Kier molecular flexibility index (Phi) is 5.66. The van der Waals surface area contributed by atoms with Crippen molar-refractivity contribution >= 4 is 5.97 Å². The van der Waals surface area contributed by atoms with Crippen LogP contribution in [0.5, 0.6) is 0 Å². The molecule has 0 bridgehead atoms. The molecule has 0 aliphatic carbocycles. The zero-order chi connectivity index (χ0) is 12.7. The maximum Gasteiger partial charge on any atom is 0.320 e. The van der Waals surface area contributed by atoms with Crippen molar-refractivity contribution in [2.75, 3.05) is 6.54 Å². The molecule has 1 aromatic carbocycles. The molecule has 2 atom stereocenters. The van der Waals surface area contributed by atoms with Crippen molar-refractivity contribution in [2.24, 2.45) is 5.73 Å². The van der Waals surface area contributed by atoms with E-state index in [2.05, 4.69) is 24.4 Å². The zero-order valence-corrected chi connectivity index (χ0v) is 10.1. The first kappa shape index (κ1) is 13.7. The molecule has 0 saturated carbocycles.